The molecule has 0 heterocycles. The van der Waals surface area contributed by atoms with Gasteiger partial charge in [0.25, 0.3) is 5.91 Å². The molecule has 0 aliphatic heterocycles. The number of hydrogen-bond acceptors (Lipinski definition) is 3. The molecule has 1 amide bonds. The Bertz CT molecular complexity index is 432. The Labute approximate surface area is 108 Å². The number of carbonyl (C=O) groups excluding carboxylic acids is 1. The maximum absolute atomic E-state index is 11.4. The standard InChI is InChI=1S/C14H20N2O2/c1-2-7-16-14(17)9-18-11-4-5-12-10(8-11)3-6-13(12)15/h4-5,8,13H,2-3,6-7,9,15H2,1H3,(H,16,17). The van der Waals surface area contributed by atoms with Crippen molar-refractivity contribution in [3.63, 3.8) is 0 Å². The van der Waals surface area contributed by atoms with Crippen LogP contribution in [0.4, 0.5) is 0 Å². The summed E-state index contributed by atoms with van der Waals surface area (Å²) in [7, 11) is 0. The monoisotopic (exact) mass is 248 g/mol. The molecule has 3 N–H and O–H groups in total. The summed E-state index contributed by atoms with van der Waals surface area (Å²) in [5.41, 5.74) is 8.42. The van der Waals surface area contributed by atoms with Crippen molar-refractivity contribution in [3.8, 4) is 5.75 Å². The van der Waals surface area contributed by atoms with Crippen LogP contribution in [0.25, 0.3) is 0 Å². The number of amides is 1. The fourth-order valence-corrected chi connectivity index (χ4v) is 2.18. The predicted octanol–water partition coefficient (Wildman–Crippen LogP) is 1.54. The summed E-state index contributed by atoms with van der Waals surface area (Å²) in [4.78, 5) is 11.4. The molecule has 18 heavy (non-hydrogen) atoms. The predicted molar refractivity (Wildman–Crippen MR) is 70.5 cm³/mol. The lowest BCUT2D eigenvalue weighted by atomic mass is 10.1. The summed E-state index contributed by atoms with van der Waals surface area (Å²) < 4.78 is 5.47. The lowest BCUT2D eigenvalue weighted by molar-refractivity contribution is -0.123. The van der Waals surface area contributed by atoms with Crippen LogP contribution in [-0.2, 0) is 11.2 Å². The quantitative estimate of drug-likeness (QED) is 0.830. The van der Waals surface area contributed by atoms with Gasteiger partial charge in [0, 0.05) is 12.6 Å². The van der Waals surface area contributed by atoms with E-state index >= 15 is 0 Å². The first-order valence-corrected chi connectivity index (χ1v) is 6.48. The molecule has 4 heteroatoms. The summed E-state index contributed by atoms with van der Waals surface area (Å²) in [6, 6.07) is 6.04. The SMILES string of the molecule is CCCNC(=O)COc1ccc2c(c1)CCC2N. The number of fused-ring (bicyclic) bond motifs is 1. The number of benzene rings is 1. The van der Waals surface area contributed by atoms with E-state index in [1.54, 1.807) is 0 Å². The summed E-state index contributed by atoms with van der Waals surface area (Å²) in [6.07, 6.45) is 2.92. The van der Waals surface area contributed by atoms with E-state index in [0.29, 0.717) is 6.54 Å². The molecule has 1 atom stereocenters. The summed E-state index contributed by atoms with van der Waals surface area (Å²) in [5, 5.41) is 2.78. The van der Waals surface area contributed by atoms with Crippen molar-refractivity contribution in [2.75, 3.05) is 13.2 Å². The molecule has 0 radical (unpaired) electrons. The number of ether oxygens (including phenoxy) is 1. The fraction of sp³-hybridized carbons (Fsp3) is 0.500. The zero-order chi connectivity index (χ0) is 13.0. The highest BCUT2D eigenvalue weighted by molar-refractivity contribution is 5.77. The van der Waals surface area contributed by atoms with Crippen LogP contribution in [0.2, 0.25) is 0 Å². The second-order valence-corrected chi connectivity index (χ2v) is 4.64. The van der Waals surface area contributed by atoms with Crippen LogP contribution < -0.4 is 15.8 Å². The second kappa shape index (κ2) is 5.87. The first-order chi connectivity index (χ1) is 8.70. The average Bonchev–Trinajstić information content (AvgIpc) is 2.75. The van der Waals surface area contributed by atoms with Gasteiger partial charge in [-0.15, -0.1) is 0 Å². The van der Waals surface area contributed by atoms with Gasteiger partial charge in [0.05, 0.1) is 0 Å². The minimum absolute atomic E-state index is 0.0742. The first-order valence-electron chi connectivity index (χ1n) is 6.48. The maximum atomic E-state index is 11.4. The molecule has 98 valence electrons. The van der Waals surface area contributed by atoms with E-state index in [0.717, 1.165) is 25.0 Å². The van der Waals surface area contributed by atoms with Crippen molar-refractivity contribution in [1.82, 2.24) is 5.32 Å². The molecule has 0 aromatic heterocycles. The molecule has 4 nitrogen and oxygen atoms in total. The molecule has 0 saturated carbocycles. The van der Waals surface area contributed by atoms with Crippen LogP contribution in [0.15, 0.2) is 18.2 Å². The van der Waals surface area contributed by atoms with E-state index in [2.05, 4.69) is 5.32 Å². The largest absolute Gasteiger partial charge is 0.484 e. The van der Waals surface area contributed by atoms with Gasteiger partial charge in [-0.1, -0.05) is 13.0 Å². The Hall–Kier alpha value is -1.55. The van der Waals surface area contributed by atoms with Gasteiger partial charge in [-0.05, 0) is 42.5 Å². The summed E-state index contributed by atoms with van der Waals surface area (Å²) in [5.74, 6) is 0.670. The third-order valence-corrected chi connectivity index (χ3v) is 3.18. The van der Waals surface area contributed by atoms with Crippen LogP contribution in [0.1, 0.15) is 36.9 Å². The van der Waals surface area contributed by atoms with Gasteiger partial charge < -0.3 is 15.8 Å². The third-order valence-electron chi connectivity index (χ3n) is 3.18. The van der Waals surface area contributed by atoms with Gasteiger partial charge in [-0.2, -0.15) is 0 Å². The third kappa shape index (κ3) is 3.01. The van der Waals surface area contributed by atoms with E-state index < -0.39 is 0 Å². The molecule has 1 aromatic carbocycles. The number of hydrogen-bond donors (Lipinski definition) is 2. The molecule has 1 unspecified atom stereocenters. The molecule has 0 saturated heterocycles. The van der Waals surface area contributed by atoms with E-state index in [1.807, 2.05) is 25.1 Å². The Morgan fingerprint density at radius 1 is 1.56 bits per heavy atom. The van der Waals surface area contributed by atoms with Crippen molar-refractivity contribution in [2.24, 2.45) is 5.73 Å². The Balaban J connectivity index is 1.89. The highest BCUT2D eigenvalue weighted by Gasteiger charge is 2.19. The molecule has 1 aliphatic rings. The second-order valence-electron chi connectivity index (χ2n) is 4.64. The van der Waals surface area contributed by atoms with E-state index in [9.17, 15) is 4.79 Å². The van der Waals surface area contributed by atoms with Crippen LogP contribution in [0, 0.1) is 0 Å². The van der Waals surface area contributed by atoms with Crippen molar-refractivity contribution in [1.29, 1.82) is 0 Å². The van der Waals surface area contributed by atoms with Gasteiger partial charge >= 0.3 is 0 Å². The fourth-order valence-electron chi connectivity index (χ4n) is 2.18. The topological polar surface area (TPSA) is 64.3 Å². The van der Waals surface area contributed by atoms with Crippen molar-refractivity contribution < 1.29 is 9.53 Å². The molecule has 2 rings (SSSR count). The molecular formula is C14H20N2O2. The van der Waals surface area contributed by atoms with Gasteiger partial charge in [0.2, 0.25) is 0 Å². The smallest absolute Gasteiger partial charge is 0.257 e. The van der Waals surface area contributed by atoms with E-state index in [1.165, 1.54) is 11.1 Å². The maximum Gasteiger partial charge on any atom is 0.257 e. The average molecular weight is 248 g/mol. The normalized spacial score (nSPS) is 17.3. The first kappa shape index (κ1) is 12.9. The lowest BCUT2D eigenvalue weighted by Gasteiger charge is -2.09. The molecular weight excluding hydrogens is 228 g/mol. The highest BCUT2D eigenvalue weighted by Crippen LogP contribution is 2.31. The molecule has 1 aliphatic carbocycles. The van der Waals surface area contributed by atoms with Crippen LogP contribution in [0.5, 0.6) is 5.75 Å². The van der Waals surface area contributed by atoms with Crippen LogP contribution in [0.3, 0.4) is 0 Å². The van der Waals surface area contributed by atoms with E-state index in [-0.39, 0.29) is 18.6 Å². The van der Waals surface area contributed by atoms with Crippen molar-refractivity contribution in [3.05, 3.63) is 29.3 Å². The minimum Gasteiger partial charge on any atom is -0.484 e. The molecule has 0 fully saturated rings. The number of nitrogens with two attached hydrogens (primary N) is 1. The van der Waals surface area contributed by atoms with Crippen LogP contribution in [-0.4, -0.2) is 19.1 Å². The molecule has 0 bridgehead atoms. The molecule has 1 aromatic rings. The zero-order valence-corrected chi connectivity index (χ0v) is 10.7. The Morgan fingerprint density at radius 3 is 3.17 bits per heavy atom. The minimum atomic E-state index is -0.0750. The number of nitrogens with one attached hydrogen (secondary N) is 1. The number of aryl methyl sites for hydroxylation is 1. The number of rotatable bonds is 5. The zero-order valence-electron chi connectivity index (χ0n) is 10.7. The highest BCUT2D eigenvalue weighted by atomic mass is 16.5. The number of carbonyl (C=O) groups is 1. The van der Waals surface area contributed by atoms with Gasteiger partial charge in [-0.25, -0.2) is 0 Å². The van der Waals surface area contributed by atoms with Crippen molar-refractivity contribution >= 4 is 5.91 Å². The van der Waals surface area contributed by atoms with Crippen molar-refractivity contribution in [2.45, 2.75) is 32.2 Å². The summed E-state index contributed by atoms with van der Waals surface area (Å²) >= 11 is 0. The van der Waals surface area contributed by atoms with Gasteiger partial charge in [0.1, 0.15) is 5.75 Å². The van der Waals surface area contributed by atoms with Gasteiger partial charge in [-0.3, -0.25) is 4.79 Å². The lowest BCUT2D eigenvalue weighted by Crippen LogP contribution is -2.29. The Kier molecular flexibility index (Phi) is 4.20. The molecule has 0 spiro atoms. The van der Waals surface area contributed by atoms with Crippen LogP contribution >= 0.6 is 0 Å². The Morgan fingerprint density at radius 2 is 2.39 bits per heavy atom. The van der Waals surface area contributed by atoms with E-state index in [4.69, 9.17) is 10.5 Å². The van der Waals surface area contributed by atoms with Gasteiger partial charge in [0.15, 0.2) is 6.61 Å². The summed E-state index contributed by atoms with van der Waals surface area (Å²) in [6.45, 7) is 2.79.